The number of fused-ring (bicyclic) bond motifs is 1. The standard InChI is InChI=1S/C23H24N2O3/c1-14-6-5-9-20(15(14)2)24-21(26)16-10-12-17(13-11-16)25-22(27)18-7-3-4-8-19(18)23(25)28/h3-4,7-8,10-15,20H,5-6,9H2,1-2H3,(H,24,26)/t14-,15-,20+/m1/s1. The van der Waals surface area contributed by atoms with Gasteiger partial charge in [0.1, 0.15) is 0 Å². The quantitative estimate of drug-likeness (QED) is 0.822. The van der Waals surface area contributed by atoms with Gasteiger partial charge in [0.05, 0.1) is 16.8 Å². The van der Waals surface area contributed by atoms with E-state index in [-0.39, 0.29) is 23.8 Å². The van der Waals surface area contributed by atoms with Crippen molar-refractivity contribution < 1.29 is 14.4 Å². The minimum absolute atomic E-state index is 0.111. The lowest BCUT2D eigenvalue weighted by molar-refractivity contribution is 0.0888. The molecule has 3 amide bonds. The lowest BCUT2D eigenvalue weighted by Gasteiger charge is -2.34. The highest BCUT2D eigenvalue weighted by molar-refractivity contribution is 6.34. The van der Waals surface area contributed by atoms with Crippen LogP contribution in [0.4, 0.5) is 5.69 Å². The van der Waals surface area contributed by atoms with E-state index < -0.39 is 0 Å². The summed E-state index contributed by atoms with van der Waals surface area (Å²) in [6, 6.07) is 13.6. The van der Waals surface area contributed by atoms with Crippen molar-refractivity contribution in [2.75, 3.05) is 4.90 Å². The second-order valence-corrected chi connectivity index (χ2v) is 7.89. The summed E-state index contributed by atoms with van der Waals surface area (Å²) in [5, 5.41) is 3.15. The molecule has 0 saturated heterocycles. The van der Waals surface area contributed by atoms with E-state index in [2.05, 4.69) is 19.2 Å². The zero-order valence-corrected chi connectivity index (χ0v) is 16.1. The molecule has 1 fully saturated rings. The van der Waals surface area contributed by atoms with Crippen molar-refractivity contribution in [3.8, 4) is 0 Å². The van der Waals surface area contributed by atoms with Gasteiger partial charge in [0.25, 0.3) is 17.7 Å². The Hall–Kier alpha value is -2.95. The van der Waals surface area contributed by atoms with Gasteiger partial charge in [-0.1, -0.05) is 38.8 Å². The van der Waals surface area contributed by atoms with Crippen molar-refractivity contribution in [2.45, 2.75) is 39.2 Å². The van der Waals surface area contributed by atoms with Crippen molar-refractivity contribution in [3.05, 3.63) is 65.2 Å². The first-order valence-electron chi connectivity index (χ1n) is 9.86. The van der Waals surface area contributed by atoms with Crippen molar-refractivity contribution in [1.82, 2.24) is 5.32 Å². The first kappa shape index (κ1) is 18.4. The van der Waals surface area contributed by atoms with Crippen LogP contribution in [0.3, 0.4) is 0 Å². The molecule has 0 spiro atoms. The van der Waals surface area contributed by atoms with Crippen LogP contribution in [0.5, 0.6) is 0 Å². The number of anilines is 1. The topological polar surface area (TPSA) is 66.5 Å². The molecule has 2 aliphatic rings. The van der Waals surface area contributed by atoms with Crippen LogP contribution in [0.25, 0.3) is 0 Å². The molecule has 0 bridgehead atoms. The predicted octanol–water partition coefficient (Wildman–Crippen LogP) is 4.04. The molecule has 144 valence electrons. The van der Waals surface area contributed by atoms with Crippen LogP contribution >= 0.6 is 0 Å². The third kappa shape index (κ3) is 3.11. The number of imide groups is 1. The first-order chi connectivity index (χ1) is 13.5. The Balaban J connectivity index is 1.50. The van der Waals surface area contributed by atoms with Gasteiger partial charge < -0.3 is 5.32 Å². The van der Waals surface area contributed by atoms with Crippen molar-refractivity contribution >= 4 is 23.4 Å². The van der Waals surface area contributed by atoms with Gasteiger partial charge in [-0.05, 0) is 54.7 Å². The fraction of sp³-hybridized carbons (Fsp3) is 0.348. The first-order valence-corrected chi connectivity index (χ1v) is 9.86. The molecule has 1 aliphatic carbocycles. The second kappa shape index (κ2) is 7.23. The Labute approximate surface area is 164 Å². The average Bonchev–Trinajstić information content (AvgIpc) is 2.96. The smallest absolute Gasteiger partial charge is 0.266 e. The molecule has 28 heavy (non-hydrogen) atoms. The minimum Gasteiger partial charge on any atom is -0.349 e. The van der Waals surface area contributed by atoms with E-state index in [0.717, 1.165) is 17.7 Å². The molecule has 0 unspecified atom stereocenters. The van der Waals surface area contributed by atoms with Gasteiger partial charge in [-0.3, -0.25) is 14.4 Å². The Bertz CT molecular complexity index is 900. The monoisotopic (exact) mass is 376 g/mol. The van der Waals surface area contributed by atoms with E-state index in [1.54, 1.807) is 48.5 Å². The Kier molecular flexibility index (Phi) is 4.75. The normalized spacial score (nSPS) is 24.2. The SMILES string of the molecule is C[C@@H]1[C@H](C)CCC[C@@H]1NC(=O)c1ccc(N2C(=O)c3ccccc3C2=O)cc1. The lowest BCUT2D eigenvalue weighted by Crippen LogP contribution is -2.43. The van der Waals surface area contributed by atoms with E-state index in [4.69, 9.17) is 0 Å². The van der Waals surface area contributed by atoms with Gasteiger partial charge in [0.2, 0.25) is 0 Å². The number of carbonyl (C=O) groups excluding carboxylic acids is 3. The zero-order valence-electron chi connectivity index (χ0n) is 16.1. The largest absolute Gasteiger partial charge is 0.349 e. The summed E-state index contributed by atoms with van der Waals surface area (Å²) in [4.78, 5) is 39.0. The summed E-state index contributed by atoms with van der Waals surface area (Å²) >= 11 is 0. The van der Waals surface area contributed by atoms with Gasteiger partial charge in [-0.15, -0.1) is 0 Å². The molecule has 5 heteroatoms. The van der Waals surface area contributed by atoms with Crippen LogP contribution in [0, 0.1) is 11.8 Å². The fourth-order valence-corrected chi connectivity index (χ4v) is 4.22. The molecular weight excluding hydrogens is 352 g/mol. The minimum atomic E-state index is -0.331. The van der Waals surface area contributed by atoms with E-state index in [0.29, 0.717) is 34.2 Å². The van der Waals surface area contributed by atoms with Crippen LogP contribution in [0.2, 0.25) is 0 Å². The summed E-state index contributed by atoms with van der Waals surface area (Å²) in [7, 11) is 0. The number of nitrogens with one attached hydrogen (secondary N) is 1. The highest BCUT2D eigenvalue weighted by atomic mass is 16.2. The van der Waals surface area contributed by atoms with E-state index in [9.17, 15) is 14.4 Å². The number of hydrogen-bond acceptors (Lipinski definition) is 3. The number of benzene rings is 2. The summed E-state index contributed by atoms with van der Waals surface area (Å²) in [5.41, 5.74) is 1.83. The van der Waals surface area contributed by atoms with Crippen LogP contribution in [0.15, 0.2) is 48.5 Å². The van der Waals surface area contributed by atoms with Gasteiger partial charge in [-0.2, -0.15) is 0 Å². The van der Waals surface area contributed by atoms with Gasteiger partial charge in [0, 0.05) is 11.6 Å². The molecule has 5 nitrogen and oxygen atoms in total. The number of amides is 3. The molecule has 4 rings (SSSR count). The van der Waals surface area contributed by atoms with Crippen LogP contribution in [-0.2, 0) is 0 Å². The third-order valence-electron chi connectivity index (χ3n) is 6.21. The highest BCUT2D eigenvalue weighted by Gasteiger charge is 2.36. The zero-order chi connectivity index (χ0) is 19.8. The Morgan fingerprint density at radius 1 is 0.929 bits per heavy atom. The molecule has 3 atom stereocenters. The van der Waals surface area contributed by atoms with Gasteiger partial charge in [-0.25, -0.2) is 4.90 Å². The number of nitrogens with zero attached hydrogens (tertiary/aromatic N) is 1. The molecule has 0 radical (unpaired) electrons. The van der Waals surface area contributed by atoms with Gasteiger partial charge in [0.15, 0.2) is 0 Å². The van der Waals surface area contributed by atoms with E-state index in [1.165, 1.54) is 6.42 Å². The summed E-state index contributed by atoms with van der Waals surface area (Å²) in [5.74, 6) is 0.288. The van der Waals surface area contributed by atoms with Crippen molar-refractivity contribution in [1.29, 1.82) is 0 Å². The second-order valence-electron chi connectivity index (χ2n) is 7.89. The molecule has 0 aromatic heterocycles. The Morgan fingerprint density at radius 3 is 2.14 bits per heavy atom. The highest BCUT2D eigenvalue weighted by Crippen LogP contribution is 2.30. The summed E-state index contributed by atoms with van der Waals surface area (Å²) < 4.78 is 0. The number of hydrogen-bond donors (Lipinski definition) is 1. The summed E-state index contributed by atoms with van der Waals surface area (Å²) in [6.45, 7) is 4.43. The predicted molar refractivity (Wildman–Crippen MR) is 107 cm³/mol. The molecule has 1 saturated carbocycles. The molecule has 1 aliphatic heterocycles. The Morgan fingerprint density at radius 2 is 1.54 bits per heavy atom. The maximum atomic E-state index is 12.6. The summed E-state index contributed by atoms with van der Waals surface area (Å²) in [6.07, 6.45) is 3.35. The lowest BCUT2D eigenvalue weighted by atomic mass is 9.78. The molecule has 1 heterocycles. The fourth-order valence-electron chi connectivity index (χ4n) is 4.22. The average molecular weight is 376 g/mol. The molecule has 1 N–H and O–H groups in total. The molecular formula is C23H24N2O3. The third-order valence-corrected chi connectivity index (χ3v) is 6.21. The van der Waals surface area contributed by atoms with Crippen molar-refractivity contribution in [3.63, 3.8) is 0 Å². The molecule has 2 aromatic carbocycles. The maximum Gasteiger partial charge on any atom is 0.266 e. The van der Waals surface area contributed by atoms with Crippen LogP contribution < -0.4 is 10.2 Å². The van der Waals surface area contributed by atoms with Gasteiger partial charge >= 0.3 is 0 Å². The molecule has 2 aromatic rings. The van der Waals surface area contributed by atoms with Crippen LogP contribution in [-0.4, -0.2) is 23.8 Å². The van der Waals surface area contributed by atoms with Crippen LogP contribution in [0.1, 0.15) is 64.2 Å². The number of rotatable bonds is 3. The van der Waals surface area contributed by atoms with E-state index in [1.807, 2.05) is 0 Å². The van der Waals surface area contributed by atoms with E-state index >= 15 is 0 Å². The van der Waals surface area contributed by atoms with Crippen molar-refractivity contribution in [2.24, 2.45) is 11.8 Å². The maximum absolute atomic E-state index is 12.6. The number of carbonyl (C=O) groups is 3.